The molecule has 4 rings (SSSR count). The van der Waals surface area contributed by atoms with Gasteiger partial charge in [-0.1, -0.05) is 0 Å². The van der Waals surface area contributed by atoms with Crippen molar-refractivity contribution in [1.29, 1.82) is 0 Å². The lowest BCUT2D eigenvalue weighted by Gasteiger charge is -2.23. The van der Waals surface area contributed by atoms with E-state index >= 15 is 0 Å². The largest absolute Gasteiger partial charge is 0.353 e. The third kappa shape index (κ3) is 3.71. The van der Waals surface area contributed by atoms with E-state index in [0.717, 1.165) is 54.0 Å². The third-order valence-electron chi connectivity index (χ3n) is 4.38. The molecule has 1 aromatic carbocycles. The fraction of sp³-hybridized carbons (Fsp3) is 0.350. The topological polar surface area (TPSA) is 57.1 Å². The summed E-state index contributed by atoms with van der Waals surface area (Å²) in [5.74, 6) is 0.455. The molecule has 6 heteroatoms. The number of aryl methyl sites for hydroxylation is 2. The summed E-state index contributed by atoms with van der Waals surface area (Å²) in [6.07, 6.45) is 2.18. The van der Waals surface area contributed by atoms with Crippen molar-refractivity contribution >= 4 is 11.0 Å². The van der Waals surface area contributed by atoms with Crippen LogP contribution in [0.1, 0.15) is 24.4 Å². The van der Waals surface area contributed by atoms with Gasteiger partial charge in [0, 0.05) is 12.0 Å². The van der Waals surface area contributed by atoms with Crippen LogP contribution in [0.3, 0.4) is 0 Å². The molecule has 3 aromatic rings. The van der Waals surface area contributed by atoms with Crippen molar-refractivity contribution in [1.82, 2.24) is 15.0 Å². The summed E-state index contributed by atoms with van der Waals surface area (Å²) in [4.78, 5) is 13.8. The monoisotopic (exact) mass is 353 g/mol. The number of fused-ring (bicyclic) bond motifs is 1. The molecule has 0 saturated carbocycles. The number of pyridine rings is 1. The second-order valence-corrected chi connectivity index (χ2v) is 6.35. The number of aromatic nitrogens is 3. The molecule has 0 aliphatic carbocycles. The minimum Gasteiger partial charge on any atom is -0.353 e. The number of hydrogen-bond acceptors (Lipinski definition) is 5. The SMILES string of the molecule is Cc1nc(CCC2OCCCO2)c2nc(-c3ccc(F)cc3)ccc2n1. The van der Waals surface area contributed by atoms with Gasteiger partial charge in [-0.3, -0.25) is 0 Å². The van der Waals surface area contributed by atoms with Crippen LogP contribution in [0.2, 0.25) is 0 Å². The molecule has 5 nitrogen and oxygen atoms in total. The first-order chi connectivity index (χ1) is 12.7. The number of halogens is 1. The number of rotatable bonds is 4. The molecule has 2 aromatic heterocycles. The van der Waals surface area contributed by atoms with E-state index in [1.165, 1.54) is 12.1 Å². The molecule has 3 heterocycles. The van der Waals surface area contributed by atoms with E-state index in [1.807, 2.05) is 19.1 Å². The van der Waals surface area contributed by atoms with Crippen LogP contribution in [0.4, 0.5) is 4.39 Å². The van der Waals surface area contributed by atoms with Crippen LogP contribution in [0, 0.1) is 12.7 Å². The number of nitrogens with zero attached hydrogens (tertiary/aromatic N) is 3. The third-order valence-corrected chi connectivity index (χ3v) is 4.38. The molecule has 1 saturated heterocycles. The maximum atomic E-state index is 13.2. The quantitative estimate of drug-likeness (QED) is 0.713. The van der Waals surface area contributed by atoms with Gasteiger partial charge in [-0.15, -0.1) is 0 Å². The van der Waals surface area contributed by atoms with Gasteiger partial charge < -0.3 is 9.47 Å². The molecule has 0 unspecified atom stereocenters. The van der Waals surface area contributed by atoms with Gasteiger partial charge in [-0.05, 0) is 56.2 Å². The molecular weight excluding hydrogens is 333 g/mol. The molecule has 134 valence electrons. The van der Waals surface area contributed by atoms with Gasteiger partial charge in [-0.2, -0.15) is 0 Å². The Bertz CT molecular complexity index is 909. The van der Waals surface area contributed by atoms with Crippen LogP contribution in [-0.2, 0) is 15.9 Å². The zero-order valence-electron chi connectivity index (χ0n) is 14.6. The highest BCUT2D eigenvalue weighted by atomic mass is 19.1. The van der Waals surface area contributed by atoms with Crippen molar-refractivity contribution in [3.8, 4) is 11.3 Å². The lowest BCUT2D eigenvalue weighted by atomic mass is 10.1. The molecule has 0 atom stereocenters. The Hall–Kier alpha value is -2.44. The van der Waals surface area contributed by atoms with E-state index in [0.29, 0.717) is 12.2 Å². The molecule has 0 bridgehead atoms. The van der Waals surface area contributed by atoms with Gasteiger partial charge in [0.25, 0.3) is 0 Å². The Morgan fingerprint density at radius 2 is 1.77 bits per heavy atom. The number of ether oxygens (including phenoxy) is 2. The van der Waals surface area contributed by atoms with Gasteiger partial charge in [0.15, 0.2) is 6.29 Å². The van der Waals surface area contributed by atoms with Crippen molar-refractivity contribution in [2.45, 2.75) is 32.5 Å². The summed E-state index contributed by atoms with van der Waals surface area (Å²) in [6, 6.07) is 10.2. The van der Waals surface area contributed by atoms with Crippen molar-refractivity contribution in [3.05, 3.63) is 53.7 Å². The standard InChI is InChI=1S/C20H20FN3O2/c1-13-22-17-8-7-16(14-3-5-15(21)6-4-14)24-20(17)18(23-13)9-10-19-25-11-2-12-26-19/h3-8,19H,2,9-12H2,1H3. The number of benzene rings is 1. The Kier molecular flexibility index (Phi) is 4.86. The smallest absolute Gasteiger partial charge is 0.157 e. The van der Waals surface area contributed by atoms with Crippen LogP contribution in [0.5, 0.6) is 0 Å². The summed E-state index contributed by atoms with van der Waals surface area (Å²) in [5, 5.41) is 0. The summed E-state index contributed by atoms with van der Waals surface area (Å²) in [7, 11) is 0. The van der Waals surface area contributed by atoms with Gasteiger partial charge in [0.05, 0.1) is 30.1 Å². The highest BCUT2D eigenvalue weighted by Gasteiger charge is 2.16. The van der Waals surface area contributed by atoms with E-state index in [9.17, 15) is 4.39 Å². The highest BCUT2D eigenvalue weighted by molar-refractivity contribution is 5.80. The highest BCUT2D eigenvalue weighted by Crippen LogP contribution is 2.23. The fourth-order valence-corrected chi connectivity index (χ4v) is 3.12. The van der Waals surface area contributed by atoms with E-state index in [4.69, 9.17) is 14.5 Å². The first-order valence-corrected chi connectivity index (χ1v) is 8.82. The minimum atomic E-state index is -0.262. The zero-order chi connectivity index (χ0) is 17.9. The van der Waals surface area contributed by atoms with Crippen molar-refractivity contribution in [2.75, 3.05) is 13.2 Å². The molecule has 0 amide bonds. The molecule has 0 spiro atoms. The van der Waals surface area contributed by atoms with Crippen LogP contribution in [-0.4, -0.2) is 34.5 Å². The van der Waals surface area contributed by atoms with Crippen LogP contribution in [0.15, 0.2) is 36.4 Å². The van der Waals surface area contributed by atoms with Gasteiger partial charge in [-0.25, -0.2) is 19.3 Å². The molecule has 1 aliphatic rings. The van der Waals surface area contributed by atoms with Gasteiger partial charge in [0.1, 0.15) is 17.2 Å². The Morgan fingerprint density at radius 1 is 1.00 bits per heavy atom. The average Bonchev–Trinajstić information content (AvgIpc) is 2.67. The first-order valence-electron chi connectivity index (χ1n) is 8.82. The molecule has 26 heavy (non-hydrogen) atoms. The molecule has 0 radical (unpaired) electrons. The van der Waals surface area contributed by atoms with Crippen molar-refractivity contribution in [2.24, 2.45) is 0 Å². The van der Waals surface area contributed by atoms with E-state index in [2.05, 4.69) is 9.97 Å². The molecule has 1 fully saturated rings. The predicted molar refractivity (Wildman–Crippen MR) is 96.1 cm³/mol. The van der Waals surface area contributed by atoms with Crippen LogP contribution in [0.25, 0.3) is 22.3 Å². The molecule has 0 N–H and O–H groups in total. The molecule has 1 aliphatic heterocycles. The first kappa shape index (κ1) is 17.0. The average molecular weight is 353 g/mol. The van der Waals surface area contributed by atoms with Gasteiger partial charge in [0.2, 0.25) is 0 Å². The molecular formula is C20H20FN3O2. The van der Waals surface area contributed by atoms with Crippen molar-refractivity contribution in [3.63, 3.8) is 0 Å². The lowest BCUT2D eigenvalue weighted by molar-refractivity contribution is -0.180. The summed E-state index contributed by atoms with van der Waals surface area (Å²) < 4.78 is 24.4. The summed E-state index contributed by atoms with van der Waals surface area (Å²) in [6.45, 7) is 3.35. The Balaban J connectivity index is 1.66. The summed E-state index contributed by atoms with van der Waals surface area (Å²) in [5.41, 5.74) is 4.10. The fourth-order valence-electron chi connectivity index (χ4n) is 3.12. The number of hydrogen-bond donors (Lipinski definition) is 0. The second-order valence-electron chi connectivity index (χ2n) is 6.35. The maximum absolute atomic E-state index is 13.2. The zero-order valence-corrected chi connectivity index (χ0v) is 14.6. The van der Waals surface area contributed by atoms with Crippen LogP contribution < -0.4 is 0 Å². The Morgan fingerprint density at radius 3 is 2.54 bits per heavy atom. The maximum Gasteiger partial charge on any atom is 0.157 e. The van der Waals surface area contributed by atoms with E-state index in [1.54, 1.807) is 12.1 Å². The van der Waals surface area contributed by atoms with Gasteiger partial charge >= 0.3 is 0 Å². The normalized spacial score (nSPS) is 15.5. The lowest BCUT2D eigenvalue weighted by Crippen LogP contribution is -2.25. The van der Waals surface area contributed by atoms with Crippen molar-refractivity contribution < 1.29 is 13.9 Å². The van der Waals surface area contributed by atoms with Crippen LogP contribution >= 0.6 is 0 Å². The van der Waals surface area contributed by atoms with E-state index < -0.39 is 0 Å². The predicted octanol–water partition coefficient (Wildman–Crippen LogP) is 3.83. The summed E-state index contributed by atoms with van der Waals surface area (Å²) >= 11 is 0. The van der Waals surface area contributed by atoms with E-state index in [-0.39, 0.29) is 12.1 Å². The second kappa shape index (κ2) is 7.43. The minimum absolute atomic E-state index is 0.186. The Labute approximate surface area is 151 Å².